The number of non-ortho nitro benzene ring substituents is 1. The number of nitro groups is 1. The highest BCUT2D eigenvalue weighted by Crippen LogP contribution is 2.31. The van der Waals surface area contributed by atoms with Crippen molar-refractivity contribution in [1.29, 1.82) is 0 Å². The van der Waals surface area contributed by atoms with Crippen LogP contribution < -0.4 is 0 Å². The van der Waals surface area contributed by atoms with E-state index < -0.39 is 0 Å². The Balaban J connectivity index is 2.02. The zero-order chi connectivity index (χ0) is 17.4. The number of fused-ring (bicyclic) bond motifs is 1. The van der Waals surface area contributed by atoms with Crippen molar-refractivity contribution in [2.45, 2.75) is 26.7 Å². The maximum Gasteiger partial charge on any atom is 0.278 e. The summed E-state index contributed by atoms with van der Waals surface area (Å²) in [6.07, 6.45) is 3.15. The van der Waals surface area contributed by atoms with E-state index in [1.807, 2.05) is 31.6 Å². The highest BCUT2D eigenvalue weighted by molar-refractivity contribution is 9.10. The SMILES string of the molecule is Cc1nn(C)c(C)c1CCc1nccc2c([N+](=O)[O-])cc(Br)cc12. The Labute approximate surface area is 147 Å². The molecule has 6 nitrogen and oxygen atoms in total. The standard InChI is InChI=1S/C17H17BrN4O2/c1-10-13(11(2)21(3)20-10)4-5-16-15-8-12(18)9-17(22(23)24)14(15)6-7-19-16/h6-9H,4-5H2,1-3H3. The summed E-state index contributed by atoms with van der Waals surface area (Å²) in [7, 11) is 1.93. The molecular formula is C17H17BrN4O2. The van der Waals surface area contributed by atoms with Crippen LogP contribution in [-0.4, -0.2) is 19.7 Å². The Morgan fingerprint density at radius 3 is 2.62 bits per heavy atom. The van der Waals surface area contributed by atoms with Gasteiger partial charge in [0.1, 0.15) is 0 Å². The summed E-state index contributed by atoms with van der Waals surface area (Å²) in [4.78, 5) is 15.4. The molecule has 0 saturated heterocycles. The quantitative estimate of drug-likeness (QED) is 0.499. The van der Waals surface area contributed by atoms with E-state index in [0.717, 1.165) is 28.9 Å². The average Bonchev–Trinajstić information content (AvgIpc) is 2.77. The monoisotopic (exact) mass is 388 g/mol. The minimum absolute atomic E-state index is 0.0942. The van der Waals surface area contributed by atoms with Crippen LogP contribution in [0.15, 0.2) is 28.9 Å². The molecule has 3 rings (SSSR count). The van der Waals surface area contributed by atoms with Crippen molar-refractivity contribution in [2.75, 3.05) is 0 Å². The fourth-order valence-corrected chi connectivity index (χ4v) is 3.51. The van der Waals surface area contributed by atoms with Gasteiger partial charge < -0.3 is 0 Å². The van der Waals surface area contributed by atoms with Gasteiger partial charge in [-0.3, -0.25) is 19.8 Å². The lowest BCUT2D eigenvalue weighted by Gasteiger charge is -2.07. The van der Waals surface area contributed by atoms with Crippen molar-refractivity contribution in [2.24, 2.45) is 7.05 Å². The molecule has 24 heavy (non-hydrogen) atoms. The fraction of sp³-hybridized carbons (Fsp3) is 0.294. The van der Waals surface area contributed by atoms with Gasteiger partial charge in [-0.2, -0.15) is 5.10 Å². The lowest BCUT2D eigenvalue weighted by Crippen LogP contribution is -2.00. The Morgan fingerprint density at radius 1 is 1.25 bits per heavy atom. The van der Waals surface area contributed by atoms with Gasteiger partial charge in [-0.1, -0.05) is 15.9 Å². The molecule has 0 aliphatic rings. The number of hydrogen-bond acceptors (Lipinski definition) is 4. The molecule has 124 valence electrons. The van der Waals surface area contributed by atoms with Crippen molar-refractivity contribution >= 4 is 32.4 Å². The van der Waals surface area contributed by atoms with Crippen molar-refractivity contribution in [3.05, 3.63) is 61.6 Å². The summed E-state index contributed by atoms with van der Waals surface area (Å²) < 4.78 is 2.56. The lowest BCUT2D eigenvalue weighted by atomic mass is 10.0. The van der Waals surface area contributed by atoms with E-state index >= 15 is 0 Å². The van der Waals surface area contributed by atoms with Crippen LogP contribution in [0.3, 0.4) is 0 Å². The second-order valence-corrected chi connectivity index (χ2v) is 6.72. The van der Waals surface area contributed by atoms with Crippen LogP contribution in [0.25, 0.3) is 10.8 Å². The maximum atomic E-state index is 11.3. The van der Waals surface area contributed by atoms with Gasteiger partial charge >= 0.3 is 0 Å². The molecule has 0 saturated carbocycles. The topological polar surface area (TPSA) is 73.8 Å². The van der Waals surface area contributed by atoms with Crippen molar-refractivity contribution in [3.63, 3.8) is 0 Å². The van der Waals surface area contributed by atoms with Gasteiger partial charge in [-0.25, -0.2) is 0 Å². The van der Waals surface area contributed by atoms with E-state index in [1.165, 1.54) is 11.6 Å². The second-order valence-electron chi connectivity index (χ2n) is 5.81. The van der Waals surface area contributed by atoms with E-state index in [9.17, 15) is 10.1 Å². The van der Waals surface area contributed by atoms with Crippen LogP contribution >= 0.6 is 15.9 Å². The molecule has 0 atom stereocenters. The largest absolute Gasteiger partial charge is 0.278 e. The Kier molecular flexibility index (Phi) is 4.36. The number of aryl methyl sites for hydroxylation is 3. The number of halogens is 1. The summed E-state index contributed by atoms with van der Waals surface area (Å²) in [6.45, 7) is 4.05. The van der Waals surface area contributed by atoms with Crippen molar-refractivity contribution < 1.29 is 4.92 Å². The molecule has 3 aromatic rings. The van der Waals surface area contributed by atoms with Crippen LogP contribution in [0.1, 0.15) is 22.6 Å². The average molecular weight is 389 g/mol. The zero-order valence-electron chi connectivity index (χ0n) is 13.7. The zero-order valence-corrected chi connectivity index (χ0v) is 15.3. The highest BCUT2D eigenvalue weighted by atomic mass is 79.9. The van der Waals surface area contributed by atoms with Crippen LogP contribution in [0.5, 0.6) is 0 Å². The number of nitro benzene ring substituents is 1. The number of benzene rings is 1. The van der Waals surface area contributed by atoms with Crippen LogP contribution in [0.4, 0.5) is 5.69 Å². The molecule has 0 amide bonds. The third kappa shape index (κ3) is 2.91. The molecule has 0 fully saturated rings. The Bertz CT molecular complexity index is 949. The molecule has 1 aromatic carbocycles. The van der Waals surface area contributed by atoms with Crippen molar-refractivity contribution in [3.8, 4) is 0 Å². The molecular weight excluding hydrogens is 372 g/mol. The summed E-state index contributed by atoms with van der Waals surface area (Å²) in [5.41, 5.74) is 4.32. The smallest absolute Gasteiger partial charge is 0.272 e. The first-order valence-corrected chi connectivity index (χ1v) is 8.38. The first kappa shape index (κ1) is 16.6. The Morgan fingerprint density at radius 2 is 2.00 bits per heavy atom. The summed E-state index contributed by atoms with van der Waals surface area (Å²) in [5.74, 6) is 0. The molecule has 2 heterocycles. The van der Waals surface area contributed by atoms with Gasteiger partial charge in [0.05, 0.1) is 16.0 Å². The summed E-state index contributed by atoms with van der Waals surface area (Å²) in [5, 5.41) is 17.2. The normalized spacial score (nSPS) is 11.2. The van der Waals surface area contributed by atoms with E-state index in [0.29, 0.717) is 16.3 Å². The third-order valence-electron chi connectivity index (χ3n) is 4.37. The first-order chi connectivity index (χ1) is 11.4. The summed E-state index contributed by atoms with van der Waals surface area (Å²) >= 11 is 3.36. The molecule has 0 N–H and O–H groups in total. The molecule has 0 spiro atoms. The minimum Gasteiger partial charge on any atom is -0.272 e. The minimum atomic E-state index is -0.355. The predicted molar refractivity (Wildman–Crippen MR) is 96.2 cm³/mol. The first-order valence-electron chi connectivity index (χ1n) is 7.59. The van der Waals surface area contributed by atoms with Gasteiger partial charge in [-0.05, 0) is 44.4 Å². The van der Waals surface area contributed by atoms with Crippen molar-refractivity contribution in [1.82, 2.24) is 14.8 Å². The van der Waals surface area contributed by atoms with Gasteiger partial charge in [0.25, 0.3) is 5.69 Å². The number of rotatable bonds is 4. The molecule has 0 aliphatic carbocycles. The van der Waals surface area contributed by atoms with E-state index in [4.69, 9.17) is 0 Å². The highest BCUT2D eigenvalue weighted by Gasteiger charge is 2.17. The molecule has 0 radical (unpaired) electrons. The molecule has 0 bridgehead atoms. The van der Waals surface area contributed by atoms with E-state index in [1.54, 1.807) is 12.3 Å². The fourth-order valence-electron chi connectivity index (χ4n) is 3.06. The van der Waals surface area contributed by atoms with Gasteiger partial charge in [0.15, 0.2) is 0 Å². The predicted octanol–water partition coefficient (Wildman–Crippen LogP) is 4.04. The van der Waals surface area contributed by atoms with E-state index in [2.05, 4.69) is 26.0 Å². The lowest BCUT2D eigenvalue weighted by molar-refractivity contribution is -0.383. The number of pyridine rings is 1. The molecule has 7 heteroatoms. The Hall–Kier alpha value is -2.28. The number of nitrogens with zero attached hydrogens (tertiary/aromatic N) is 4. The number of hydrogen-bond donors (Lipinski definition) is 0. The van der Waals surface area contributed by atoms with Crippen LogP contribution in [0.2, 0.25) is 0 Å². The molecule has 0 aliphatic heterocycles. The van der Waals surface area contributed by atoms with Gasteiger partial charge in [0, 0.05) is 40.6 Å². The summed E-state index contributed by atoms with van der Waals surface area (Å²) in [6, 6.07) is 5.12. The van der Waals surface area contributed by atoms with Gasteiger partial charge in [-0.15, -0.1) is 0 Å². The maximum absolute atomic E-state index is 11.3. The molecule has 0 unspecified atom stereocenters. The second kappa shape index (κ2) is 6.32. The molecule has 2 aromatic heterocycles. The number of aromatic nitrogens is 3. The van der Waals surface area contributed by atoms with Crippen LogP contribution in [0, 0.1) is 24.0 Å². The van der Waals surface area contributed by atoms with Gasteiger partial charge in [0.2, 0.25) is 0 Å². The van der Waals surface area contributed by atoms with Crippen LogP contribution in [-0.2, 0) is 19.9 Å². The third-order valence-corrected chi connectivity index (χ3v) is 4.83. The van der Waals surface area contributed by atoms with E-state index in [-0.39, 0.29) is 10.6 Å².